The molecule has 6 nitrogen and oxygen atoms in total. The van der Waals surface area contributed by atoms with E-state index in [2.05, 4.69) is 16.0 Å². The summed E-state index contributed by atoms with van der Waals surface area (Å²) in [5, 5.41) is 8.89. The van der Waals surface area contributed by atoms with Crippen molar-refractivity contribution in [2.24, 2.45) is 0 Å². The Morgan fingerprint density at radius 1 is 1.35 bits per heavy atom. The first-order valence-electron chi connectivity index (χ1n) is 7.64. The molecule has 0 aromatic heterocycles. The third-order valence-corrected chi connectivity index (χ3v) is 3.45. The van der Waals surface area contributed by atoms with Crippen LogP contribution in [0, 0.1) is 0 Å². The van der Waals surface area contributed by atoms with Crippen LogP contribution in [0.15, 0.2) is 24.3 Å². The number of carbonyl (C=O) groups excluding carboxylic acids is 2. The first-order chi connectivity index (χ1) is 10.7. The second kappa shape index (κ2) is 10.2. The van der Waals surface area contributed by atoms with Crippen LogP contribution in [-0.4, -0.2) is 44.2 Å². The zero-order chi connectivity index (χ0) is 15.8. The van der Waals surface area contributed by atoms with E-state index in [1.807, 2.05) is 19.1 Å². The number of nitrogens with one attached hydrogen (secondary N) is 3. The van der Waals surface area contributed by atoms with E-state index in [9.17, 15) is 9.59 Å². The van der Waals surface area contributed by atoms with E-state index in [4.69, 9.17) is 4.74 Å². The van der Waals surface area contributed by atoms with Crippen molar-refractivity contribution >= 4 is 24.2 Å². The lowest BCUT2D eigenvalue weighted by Crippen LogP contribution is -2.44. The molecule has 3 N–H and O–H groups in total. The Kier molecular flexibility index (Phi) is 8.61. The SMILES string of the molecule is CCNC(=O)c1cccc(CNC(=O)CC2COCCN2)c1.Cl. The van der Waals surface area contributed by atoms with E-state index in [1.54, 1.807) is 12.1 Å². The molecule has 1 aliphatic heterocycles. The van der Waals surface area contributed by atoms with Gasteiger partial charge in [0.05, 0.1) is 13.2 Å². The highest BCUT2D eigenvalue weighted by atomic mass is 35.5. The molecule has 1 aromatic carbocycles. The summed E-state index contributed by atoms with van der Waals surface area (Å²) in [4.78, 5) is 23.7. The van der Waals surface area contributed by atoms with Crippen molar-refractivity contribution in [3.8, 4) is 0 Å². The number of benzene rings is 1. The van der Waals surface area contributed by atoms with Crippen LogP contribution in [0.1, 0.15) is 29.3 Å². The van der Waals surface area contributed by atoms with Gasteiger partial charge in [-0.15, -0.1) is 12.4 Å². The molecule has 2 rings (SSSR count). The Labute approximate surface area is 142 Å². The summed E-state index contributed by atoms with van der Waals surface area (Å²) in [5.74, 6) is -0.120. The molecule has 0 spiro atoms. The third-order valence-electron chi connectivity index (χ3n) is 3.45. The van der Waals surface area contributed by atoms with Gasteiger partial charge in [-0.2, -0.15) is 0 Å². The second-order valence-corrected chi connectivity index (χ2v) is 5.27. The van der Waals surface area contributed by atoms with Crippen LogP contribution >= 0.6 is 12.4 Å². The Morgan fingerprint density at radius 2 is 2.17 bits per heavy atom. The van der Waals surface area contributed by atoms with Gasteiger partial charge in [-0.25, -0.2) is 0 Å². The van der Waals surface area contributed by atoms with E-state index in [-0.39, 0.29) is 30.3 Å². The highest BCUT2D eigenvalue weighted by Crippen LogP contribution is 2.06. The zero-order valence-electron chi connectivity index (χ0n) is 13.3. The maximum absolute atomic E-state index is 11.9. The van der Waals surface area contributed by atoms with Gasteiger partial charge in [-0.05, 0) is 24.6 Å². The Bertz CT molecular complexity index is 519. The summed E-state index contributed by atoms with van der Waals surface area (Å²) < 4.78 is 5.32. The van der Waals surface area contributed by atoms with Crippen LogP contribution in [0.25, 0.3) is 0 Å². The predicted molar refractivity (Wildman–Crippen MR) is 90.8 cm³/mol. The van der Waals surface area contributed by atoms with Gasteiger partial charge >= 0.3 is 0 Å². The molecule has 1 unspecified atom stereocenters. The highest BCUT2D eigenvalue weighted by Gasteiger charge is 2.16. The minimum Gasteiger partial charge on any atom is -0.378 e. The van der Waals surface area contributed by atoms with Crippen molar-refractivity contribution in [2.45, 2.75) is 25.9 Å². The van der Waals surface area contributed by atoms with Crippen molar-refractivity contribution in [2.75, 3.05) is 26.3 Å². The molecule has 1 aromatic rings. The molecule has 1 fully saturated rings. The first kappa shape index (κ1) is 19.4. The Hall–Kier alpha value is -1.63. The molecule has 0 radical (unpaired) electrons. The van der Waals surface area contributed by atoms with E-state index in [1.165, 1.54) is 0 Å². The summed E-state index contributed by atoms with van der Waals surface area (Å²) >= 11 is 0. The third kappa shape index (κ3) is 6.56. The van der Waals surface area contributed by atoms with Gasteiger partial charge in [-0.1, -0.05) is 12.1 Å². The zero-order valence-corrected chi connectivity index (χ0v) is 14.1. The second-order valence-electron chi connectivity index (χ2n) is 5.27. The van der Waals surface area contributed by atoms with E-state index in [0.29, 0.717) is 38.3 Å². The van der Waals surface area contributed by atoms with Gasteiger partial charge in [0.25, 0.3) is 5.91 Å². The Morgan fingerprint density at radius 3 is 2.87 bits per heavy atom. The van der Waals surface area contributed by atoms with Gasteiger partial charge in [0.1, 0.15) is 0 Å². The quantitative estimate of drug-likeness (QED) is 0.717. The number of ether oxygens (including phenoxy) is 1. The van der Waals surface area contributed by atoms with Crippen LogP contribution in [0.4, 0.5) is 0 Å². The average Bonchev–Trinajstić information content (AvgIpc) is 2.54. The summed E-state index contributed by atoms with van der Waals surface area (Å²) in [6.45, 7) is 4.94. The molecule has 128 valence electrons. The smallest absolute Gasteiger partial charge is 0.251 e. The molecular formula is C16H24ClN3O3. The number of hydrogen-bond donors (Lipinski definition) is 3. The largest absolute Gasteiger partial charge is 0.378 e. The molecule has 0 bridgehead atoms. The number of rotatable bonds is 6. The molecule has 2 amide bonds. The van der Waals surface area contributed by atoms with E-state index in [0.717, 1.165) is 12.1 Å². The monoisotopic (exact) mass is 341 g/mol. The number of morpholine rings is 1. The molecule has 7 heteroatoms. The molecule has 1 atom stereocenters. The van der Waals surface area contributed by atoms with Gasteiger partial charge < -0.3 is 20.7 Å². The van der Waals surface area contributed by atoms with Crippen LogP contribution < -0.4 is 16.0 Å². The maximum atomic E-state index is 11.9. The van der Waals surface area contributed by atoms with Crippen molar-refractivity contribution < 1.29 is 14.3 Å². The predicted octanol–water partition coefficient (Wildman–Crippen LogP) is 0.853. The summed E-state index contributed by atoms with van der Waals surface area (Å²) in [6, 6.07) is 7.36. The summed E-state index contributed by atoms with van der Waals surface area (Å²) in [7, 11) is 0. The van der Waals surface area contributed by atoms with Gasteiger partial charge in [0, 0.05) is 37.7 Å². The molecule has 1 aliphatic rings. The molecule has 0 saturated carbocycles. The van der Waals surface area contributed by atoms with Crippen molar-refractivity contribution in [1.29, 1.82) is 0 Å². The summed E-state index contributed by atoms with van der Waals surface area (Å²) in [5.41, 5.74) is 1.51. The Balaban J connectivity index is 0.00000264. The molecular weight excluding hydrogens is 318 g/mol. The fourth-order valence-electron chi connectivity index (χ4n) is 2.33. The standard InChI is InChI=1S/C16H23N3O3.ClH/c1-2-17-16(21)13-5-3-4-12(8-13)10-19-15(20)9-14-11-22-7-6-18-14;/h3-5,8,14,18H,2,6-7,9-11H2,1H3,(H,17,21)(H,19,20);1H. The van der Waals surface area contributed by atoms with E-state index >= 15 is 0 Å². The van der Waals surface area contributed by atoms with Gasteiger partial charge in [-0.3, -0.25) is 9.59 Å². The van der Waals surface area contributed by atoms with Crippen molar-refractivity contribution in [3.63, 3.8) is 0 Å². The van der Waals surface area contributed by atoms with Gasteiger partial charge in [0.2, 0.25) is 5.91 Å². The van der Waals surface area contributed by atoms with Crippen LogP contribution in [-0.2, 0) is 16.1 Å². The average molecular weight is 342 g/mol. The minimum atomic E-state index is -0.0979. The molecule has 0 aliphatic carbocycles. The normalized spacial score (nSPS) is 17.0. The molecule has 23 heavy (non-hydrogen) atoms. The maximum Gasteiger partial charge on any atom is 0.251 e. The molecule has 1 heterocycles. The van der Waals surface area contributed by atoms with Gasteiger partial charge in [0.15, 0.2) is 0 Å². The number of carbonyl (C=O) groups is 2. The van der Waals surface area contributed by atoms with Crippen LogP contribution in [0.2, 0.25) is 0 Å². The molecule has 1 saturated heterocycles. The summed E-state index contributed by atoms with van der Waals surface area (Å²) in [6.07, 6.45) is 0.399. The fourth-order valence-corrected chi connectivity index (χ4v) is 2.33. The lowest BCUT2D eigenvalue weighted by Gasteiger charge is -2.23. The first-order valence-corrected chi connectivity index (χ1v) is 7.64. The number of amides is 2. The lowest BCUT2D eigenvalue weighted by molar-refractivity contribution is -0.122. The fraction of sp³-hybridized carbons (Fsp3) is 0.500. The minimum absolute atomic E-state index is 0. The van der Waals surface area contributed by atoms with Crippen molar-refractivity contribution in [1.82, 2.24) is 16.0 Å². The lowest BCUT2D eigenvalue weighted by atomic mass is 10.1. The van der Waals surface area contributed by atoms with E-state index < -0.39 is 0 Å². The topological polar surface area (TPSA) is 79.5 Å². The number of halogens is 1. The number of hydrogen-bond acceptors (Lipinski definition) is 4. The highest BCUT2D eigenvalue weighted by molar-refractivity contribution is 5.94. The van der Waals surface area contributed by atoms with Crippen LogP contribution in [0.5, 0.6) is 0 Å². The van der Waals surface area contributed by atoms with Crippen molar-refractivity contribution in [3.05, 3.63) is 35.4 Å². The van der Waals surface area contributed by atoms with Crippen LogP contribution in [0.3, 0.4) is 0 Å².